The molecule has 0 amide bonds. The van der Waals surface area contributed by atoms with E-state index in [1.165, 1.54) is 6.08 Å². The van der Waals surface area contributed by atoms with E-state index in [1.807, 2.05) is 32.1 Å². The number of carbonyl (C=O) groups excluding carboxylic acids is 1. The Labute approximate surface area is 119 Å². The molecule has 20 heavy (non-hydrogen) atoms. The van der Waals surface area contributed by atoms with Crippen molar-refractivity contribution in [3.05, 3.63) is 47.6 Å². The summed E-state index contributed by atoms with van der Waals surface area (Å²) >= 11 is 0. The number of rotatable bonds is 5. The minimum absolute atomic E-state index is 0.108. The first kappa shape index (κ1) is 16.0. The second-order valence-corrected chi connectivity index (χ2v) is 4.89. The third-order valence-electron chi connectivity index (χ3n) is 3.06. The molecule has 1 N–H and O–H groups in total. The highest BCUT2D eigenvalue weighted by Crippen LogP contribution is 2.22. The molecule has 1 aliphatic rings. The molecule has 2 atom stereocenters. The predicted octanol–water partition coefficient (Wildman–Crippen LogP) is 3.03. The van der Waals surface area contributed by atoms with Crippen LogP contribution in [0.15, 0.2) is 47.6 Å². The third-order valence-corrected chi connectivity index (χ3v) is 3.06. The maximum atomic E-state index is 11.5. The lowest BCUT2D eigenvalue weighted by Crippen LogP contribution is -2.27. The molecule has 0 saturated carbocycles. The summed E-state index contributed by atoms with van der Waals surface area (Å²) in [4.78, 5) is 21.8. The number of carbonyl (C=O) groups is 2. The van der Waals surface area contributed by atoms with Gasteiger partial charge < -0.3 is 9.84 Å². The van der Waals surface area contributed by atoms with Crippen molar-refractivity contribution in [3.8, 4) is 0 Å². The Bertz CT molecular complexity index is 495. The number of hydrogen-bond acceptors (Lipinski definition) is 3. The van der Waals surface area contributed by atoms with Crippen LogP contribution < -0.4 is 0 Å². The zero-order valence-corrected chi connectivity index (χ0v) is 12.0. The molecular weight excluding hydrogens is 256 g/mol. The molecular formula is C16H20O4. The number of cyclic esters (lactones) is 1. The number of aliphatic carboxylic acids is 1. The van der Waals surface area contributed by atoms with E-state index < -0.39 is 5.97 Å². The van der Waals surface area contributed by atoms with Gasteiger partial charge in [0.2, 0.25) is 0 Å². The Balaban J connectivity index is 2.60. The van der Waals surface area contributed by atoms with Crippen LogP contribution in [-0.2, 0) is 14.3 Å². The highest BCUT2D eigenvalue weighted by molar-refractivity contribution is 5.88. The summed E-state index contributed by atoms with van der Waals surface area (Å²) in [5, 5.41) is 8.45. The van der Waals surface area contributed by atoms with Crippen LogP contribution in [0, 0.1) is 5.92 Å². The average Bonchev–Trinajstić information content (AvgIpc) is 2.37. The van der Waals surface area contributed by atoms with Crippen LogP contribution >= 0.6 is 0 Å². The van der Waals surface area contributed by atoms with Crippen molar-refractivity contribution in [2.45, 2.75) is 33.3 Å². The van der Waals surface area contributed by atoms with Gasteiger partial charge in [0.1, 0.15) is 6.10 Å². The largest absolute Gasteiger partial charge is 0.478 e. The van der Waals surface area contributed by atoms with Gasteiger partial charge in [-0.3, -0.25) is 0 Å². The monoisotopic (exact) mass is 276 g/mol. The van der Waals surface area contributed by atoms with Crippen LogP contribution in [-0.4, -0.2) is 23.1 Å². The molecule has 0 radical (unpaired) electrons. The van der Waals surface area contributed by atoms with Gasteiger partial charge in [0.15, 0.2) is 0 Å². The van der Waals surface area contributed by atoms with Crippen LogP contribution in [0.4, 0.5) is 0 Å². The standard InChI is InChI=1S/C16H20O4/c1-11(6-4-5-7-15(17)18)10-13(3)14-9-8-12(2)16(19)20-14/h4-8,10,13-14H,9H2,1-3H3,(H,17,18)/b6-4+,7-5+,11-10+/t13-,14-/m0/s1. The van der Waals surface area contributed by atoms with Crippen molar-refractivity contribution in [2.24, 2.45) is 5.92 Å². The second kappa shape index (κ2) is 7.48. The maximum Gasteiger partial charge on any atom is 0.333 e. The zero-order chi connectivity index (χ0) is 15.1. The average molecular weight is 276 g/mol. The van der Waals surface area contributed by atoms with Crippen LogP contribution in [0.3, 0.4) is 0 Å². The Morgan fingerprint density at radius 3 is 2.70 bits per heavy atom. The molecule has 0 aromatic rings. The molecule has 1 aliphatic heterocycles. The van der Waals surface area contributed by atoms with Crippen molar-refractivity contribution in [1.82, 2.24) is 0 Å². The normalized spacial score (nSPS) is 21.9. The van der Waals surface area contributed by atoms with E-state index in [9.17, 15) is 9.59 Å². The molecule has 0 bridgehead atoms. The summed E-state index contributed by atoms with van der Waals surface area (Å²) in [6.45, 7) is 5.67. The summed E-state index contributed by atoms with van der Waals surface area (Å²) in [5.41, 5.74) is 1.66. The van der Waals surface area contributed by atoms with Crippen LogP contribution in [0.5, 0.6) is 0 Å². The molecule has 0 aliphatic carbocycles. The van der Waals surface area contributed by atoms with Gasteiger partial charge >= 0.3 is 11.9 Å². The van der Waals surface area contributed by atoms with E-state index in [1.54, 1.807) is 13.0 Å². The van der Waals surface area contributed by atoms with Crippen molar-refractivity contribution in [2.75, 3.05) is 0 Å². The highest BCUT2D eigenvalue weighted by atomic mass is 16.5. The molecule has 0 unspecified atom stereocenters. The van der Waals surface area contributed by atoms with Crippen molar-refractivity contribution in [1.29, 1.82) is 0 Å². The quantitative estimate of drug-likeness (QED) is 0.476. The summed E-state index contributed by atoms with van der Waals surface area (Å²) in [6.07, 6.45) is 10.5. The molecule has 0 aromatic carbocycles. The zero-order valence-electron chi connectivity index (χ0n) is 12.0. The van der Waals surface area contributed by atoms with Crippen LogP contribution in [0.25, 0.3) is 0 Å². The van der Waals surface area contributed by atoms with E-state index in [2.05, 4.69) is 0 Å². The molecule has 4 heteroatoms. The van der Waals surface area contributed by atoms with Gasteiger partial charge in [-0.25, -0.2) is 9.59 Å². The van der Waals surface area contributed by atoms with E-state index in [4.69, 9.17) is 9.84 Å². The van der Waals surface area contributed by atoms with Gasteiger partial charge in [0.05, 0.1) is 0 Å². The fraction of sp³-hybridized carbons (Fsp3) is 0.375. The van der Waals surface area contributed by atoms with Gasteiger partial charge in [-0.05, 0) is 13.8 Å². The predicted molar refractivity (Wildman–Crippen MR) is 77.1 cm³/mol. The van der Waals surface area contributed by atoms with E-state index in [-0.39, 0.29) is 18.0 Å². The molecule has 1 heterocycles. The van der Waals surface area contributed by atoms with Crippen molar-refractivity contribution in [3.63, 3.8) is 0 Å². The molecule has 0 aromatic heterocycles. The third kappa shape index (κ3) is 5.26. The van der Waals surface area contributed by atoms with Gasteiger partial charge in [0, 0.05) is 24.0 Å². The minimum atomic E-state index is -0.971. The lowest BCUT2D eigenvalue weighted by Gasteiger charge is -2.25. The molecule has 1 rings (SSSR count). The first-order valence-electron chi connectivity index (χ1n) is 6.54. The summed E-state index contributed by atoms with van der Waals surface area (Å²) < 4.78 is 5.35. The summed E-state index contributed by atoms with van der Waals surface area (Å²) in [5.74, 6) is -1.11. The van der Waals surface area contributed by atoms with E-state index >= 15 is 0 Å². The van der Waals surface area contributed by atoms with Gasteiger partial charge in [-0.1, -0.05) is 42.9 Å². The molecule has 0 spiro atoms. The summed E-state index contributed by atoms with van der Waals surface area (Å²) in [6, 6.07) is 0. The topological polar surface area (TPSA) is 63.6 Å². The number of ether oxygens (including phenoxy) is 1. The Morgan fingerprint density at radius 1 is 1.45 bits per heavy atom. The molecule has 108 valence electrons. The number of carboxylic acids is 1. The minimum Gasteiger partial charge on any atom is -0.478 e. The highest BCUT2D eigenvalue weighted by Gasteiger charge is 2.23. The van der Waals surface area contributed by atoms with Gasteiger partial charge in [0.25, 0.3) is 0 Å². The fourth-order valence-electron chi connectivity index (χ4n) is 1.90. The maximum absolute atomic E-state index is 11.5. The van der Waals surface area contributed by atoms with Crippen molar-refractivity contribution >= 4 is 11.9 Å². The number of esters is 1. The van der Waals surface area contributed by atoms with E-state index in [0.29, 0.717) is 5.57 Å². The van der Waals surface area contributed by atoms with E-state index in [0.717, 1.165) is 18.1 Å². The van der Waals surface area contributed by atoms with Crippen LogP contribution in [0.2, 0.25) is 0 Å². The smallest absolute Gasteiger partial charge is 0.333 e. The second-order valence-electron chi connectivity index (χ2n) is 4.89. The first-order chi connectivity index (χ1) is 9.40. The Morgan fingerprint density at radius 2 is 2.10 bits per heavy atom. The fourth-order valence-corrected chi connectivity index (χ4v) is 1.90. The molecule has 4 nitrogen and oxygen atoms in total. The molecule has 0 saturated heterocycles. The lowest BCUT2D eigenvalue weighted by molar-refractivity contribution is -0.147. The summed E-state index contributed by atoms with van der Waals surface area (Å²) in [7, 11) is 0. The first-order valence-corrected chi connectivity index (χ1v) is 6.54. The Kier molecular flexibility index (Phi) is 5.97. The lowest BCUT2D eigenvalue weighted by atomic mass is 9.96. The van der Waals surface area contributed by atoms with Gasteiger partial charge in [-0.2, -0.15) is 0 Å². The van der Waals surface area contributed by atoms with Crippen LogP contribution in [0.1, 0.15) is 27.2 Å². The SMILES string of the molecule is CC1=CC[C@@H]([C@@H](C)/C=C(C)/C=C/C=C/C(=O)O)OC1=O. The number of allylic oxidation sites excluding steroid dienone is 4. The molecule has 0 fully saturated rings. The van der Waals surface area contributed by atoms with Gasteiger partial charge in [-0.15, -0.1) is 0 Å². The number of carboxylic acid groups (broad SMARTS) is 1. The number of hydrogen-bond donors (Lipinski definition) is 1. The van der Waals surface area contributed by atoms with Crippen molar-refractivity contribution < 1.29 is 19.4 Å². The Hall–Kier alpha value is -2.10.